The number of nitrogens with one attached hydrogen (secondary N) is 2. The second-order valence-corrected chi connectivity index (χ2v) is 10.7. The molecule has 2 fully saturated rings. The normalized spacial score (nSPS) is 24.4. The molecule has 1 aromatic rings. The molecule has 1 amide bonds. The lowest BCUT2D eigenvalue weighted by Crippen LogP contribution is -2.50. The maximum Gasteiger partial charge on any atom is 0.278 e. The number of alkyl halides is 2. The lowest BCUT2D eigenvalue weighted by Gasteiger charge is -2.42. The van der Waals surface area contributed by atoms with Gasteiger partial charge in [0.1, 0.15) is 11.9 Å². The van der Waals surface area contributed by atoms with Gasteiger partial charge in [-0.2, -0.15) is 0 Å². The maximum absolute atomic E-state index is 14.3. The van der Waals surface area contributed by atoms with Crippen molar-refractivity contribution in [3.8, 4) is 0 Å². The van der Waals surface area contributed by atoms with Crippen LogP contribution in [-0.4, -0.2) is 61.1 Å². The number of likely N-dealkylation sites (N-methyl/N-ethyl adjacent to an activating group) is 1. The molecule has 2 heterocycles. The number of piperidine rings is 1. The minimum Gasteiger partial charge on any atom is -0.394 e. The fourth-order valence-corrected chi connectivity index (χ4v) is 5.51. The summed E-state index contributed by atoms with van der Waals surface area (Å²) in [6.45, 7) is 4.75. The smallest absolute Gasteiger partial charge is 0.278 e. The van der Waals surface area contributed by atoms with Crippen molar-refractivity contribution in [1.82, 2.24) is 20.4 Å². The Kier molecular flexibility index (Phi) is 8.23. The molecule has 4 rings (SSSR count). The minimum absolute atomic E-state index is 0.0450. The summed E-state index contributed by atoms with van der Waals surface area (Å²) in [4.78, 5) is 29.3. The Labute approximate surface area is 222 Å². The Morgan fingerprint density at radius 2 is 2.00 bits per heavy atom. The first-order chi connectivity index (χ1) is 18.1. The number of amides is 1. The highest BCUT2D eigenvalue weighted by Crippen LogP contribution is 2.50. The molecule has 38 heavy (non-hydrogen) atoms. The van der Waals surface area contributed by atoms with Crippen molar-refractivity contribution in [3.05, 3.63) is 64.9 Å². The van der Waals surface area contributed by atoms with Gasteiger partial charge in [0.15, 0.2) is 5.78 Å². The highest BCUT2D eigenvalue weighted by Gasteiger charge is 2.49. The van der Waals surface area contributed by atoms with Crippen molar-refractivity contribution in [2.75, 3.05) is 27.2 Å². The van der Waals surface area contributed by atoms with Gasteiger partial charge >= 0.3 is 0 Å². The van der Waals surface area contributed by atoms with Crippen molar-refractivity contribution in [2.24, 2.45) is 11.3 Å². The molecule has 2 atom stereocenters. The molecule has 3 aliphatic rings. The highest BCUT2D eigenvalue weighted by atomic mass is 19.3. The van der Waals surface area contributed by atoms with Crippen molar-refractivity contribution in [3.63, 3.8) is 0 Å². The number of hydrogen-bond acceptors (Lipinski definition) is 5. The molecule has 0 aromatic heterocycles. The van der Waals surface area contributed by atoms with Gasteiger partial charge in [-0.25, -0.2) is 13.2 Å². The summed E-state index contributed by atoms with van der Waals surface area (Å²) in [6, 6.07) is 3.61. The summed E-state index contributed by atoms with van der Waals surface area (Å²) in [5.41, 5.74) is 2.03. The van der Waals surface area contributed by atoms with Crippen molar-refractivity contribution in [1.29, 1.82) is 0 Å². The molecule has 1 aliphatic carbocycles. The number of benzene rings is 1. The van der Waals surface area contributed by atoms with Crippen molar-refractivity contribution >= 4 is 17.3 Å². The predicted octanol–water partition coefficient (Wildman–Crippen LogP) is 4.45. The van der Waals surface area contributed by atoms with E-state index in [1.807, 2.05) is 19.9 Å². The zero-order chi connectivity index (χ0) is 27.6. The van der Waals surface area contributed by atoms with E-state index >= 15 is 0 Å². The number of nitrogens with zero attached hydrogens (tertiary/aromatic N) is 2. The van der Waals surface area contributed by atoms with Crippen LogP contribution in [0.3, 0.4) is 0 Å². The SMILES string of the molecule is CC/C(=C\NC)c1cc(F)cc(CNC(=O)C2C=C(N3CC[C@@](C)(C4CC4)C(=O)C3)C=C(C(F)F)N2C)c1. The second kappa shape index (κ2) is 11.3. The first kappa shape index (κ1) is 27.8. The third kappa shape index (κ3) is 5.76. The number of rotatable bonds is 9. The van der Waals surface area contributed by atoms with E-state index in [1.54, 1.807) is 24.2 Å². The number of Topliss-reactive ketones (excluding diaryl/α,β-unsaturated/α-hetero) is 1. The summed E-state index contributed by atoms with van der Waals surface area (Å²) in [7, 11) is 3.23. The molecule has 206 valence electrons. The predicted molar refractivity (Wildman–Crippen MR) is 141 cm³/mol. The Hall–Kier alpha value is -3.23. The third-order valence-electron chi connectivity index (χ3n) is 8.15. The van der Waals surface area contributed by atoms with Crippen LogP contribution in [0.25, 0.3) is 5.57 Å². The van der Waals surface area contributed by atoms with Crippen LogP contribution in [-0.2, 0) is 16.1 Å². The summed E-state index contributed by atoms with van der Waals surface area (Å²) < 4.78 is 42.3. The van der Waals surface area contributed by atoms with E-state index in [4.69, 9.17) is 0 Å². The summed E-state index contributed by atoms with van der Waals surface area (Å²) in [5, 5.41) is 5.74. The van der Waals surface area contributed by atoms with E-state index < -0.39 is 24.2 Å². The molecular weight excluding hydrogens is 493 g/mol. The molecule has 1 aromatic carbocycles. The number of hydrogen-bond donors (Lipinski definition) is 2. The lowest BCUT2D eigenvalue weighted by molar-refractivity contribution is -0.133. The monoisotopic (exact) mass is 530 g/mol. The molecule has 2 N–H and O–H groups in total. The molecule has 2 aliphatic heterocycles. The highest BCUT2D eigenvalue weighted by molar-refractivity contribution is 5.88. The second-order valence-electron chi connectivity index (χ2n) is 10.7. The number of likely N-dealkylation sites (tertiary alicyclic amines) is 1. The van der Waals surface area contributed by atoms with Crippen LogP contribution in [0.2, 0.25) is 0 Å². The van der Waals surface area contributed by atoms with E-state index in [1.165, 1.54) is 30.2 Å². The molecule has 0 spiro atoms. The fourth-order valence-electron chi connectivity index (χ4n) is 5.51. The Morgan fingerprint density at radius 3 is 2.61 bits per heavy atom. The van der Waals surface area contributed by atoms with Gasteiger partial charge in [0.2, 0.25) is 5.91 Å². The van der Waals surface area contributed by atoms with Crippen LogP contribution in [0.4, 0.5) is 13.2 Å². The van der Waals surface area contributed by atoms with Gasteiger partial charge in [0.05, 0.1) is 12.2 Å². The molecule has 0 bridgehead atoms. The van der Waals surface area contributed by atoms with Crippen molar-refractivity contribution in [2.45, 2.75) is 58.5 Å². The lowest BCUT2D eigenvalue weighted by atomic mass is 9.75. The van der Waals surface area contributed by atoms with E-state index in [2.05, 4.69) is 10.6 Å². The van der Waals surface area contributed by atoms with Crippen LogP contribution in [0.15, 0.2) is 47.9 Å². The summed E-state index contributed by atoms with van der Waals surface area (Å²) in [6.07, 6.45) is 5.51. The fraction of sp³-hybridized carbons (Fsp3) is 0.517. The molecular formula is C29H37F3N4O2. The number of carbonyl (C=O) groups excluding carboxylic acids is 2. The zero-order valence-electron chi connectivity index (χ0n) is 22.5. The zero-order valence-corrected chi connectivity index (χ0v) is 22.5. The van der Waals surface area contributed by atoms with Crippen LogP contribution < -0.4 is 10.6 Å². The van der Waals surface area contributed by atoms with Gasteiger partial charge in [-0.15, -0.1) is 0 Å². The summed E-state index contributed by atoms with van der Waals surface area (Å²) in [5.74, 6) is -0.357. The molecule has 6 nitrogen and oxygen atoms in total. The first-order valence-corrected chi connectivity index (χ1v) is 13.2. The van der Waals surface area contributed by atoms with Gasteiger partial charge in [0, 0.05) is 38.3 Å². The molecule has 1 saturated carbocycles. The topological polar surface area (TPSA) is 64.7 Å². The largest absolute Gasteiger partial charge is 0.394 e. The molecule has 1 saturated heterocycles. The van der Waals surface area contributed by atoms with Gasteiger partial charge in [0.25, 0.3) is 6.43 Å². The third-order valence-corrected chi connectivity index (χ3v) is 8.15. The Balaban J connectivity index is 1.51. The average Bonchev–Trinajstić information content (AvgIpc) is 3.73. The van der Waals surface area contributed by atoms with E-state index in [9.17, 15) is 22.8 Å². The molecule has 0 radical (unpaired) electrons. The molecule has 9 heteroatoms. The van der Waals surface area contributed by atoms with Crippen molar-refractivity contribution < 1.29 is 22.8 Å². The van der Waals surface area contributed by atoms with E-state index in [0.717, 1.165) is 18.4 Å². The van der Waals surface area contributed by atoms with Crippen LogP contribution in [0.5, 0.6) is 0 Å². The maximum atomic E-state index is 14.3. The average molecular weight is 531 g/mol. The number of allylic oxidation sites excluding steroid dienone is 3. The number of halogens is 3. The Bertz CT molecular complexity index is 1170. The number of ketones is 1. The van der Waals surface area contributed by atoms with Gasteiger partial charge < -0.3 is 20.4 Å². The Morgan fingerprint density at radius 1 is 1.26 bits per heavy atom. The first-order valence-electron chi connectivity index (χ1n) is 13.2. The minimum atomic E-state index is -2.78. The van der Waals surface area contributed by atoms with Gasteiger partial charge in [-0.1, -0.05) is 13.8 Å². The van der Waals surface area contributed by atoms with Crippen LogP contribution in [0.1, 0.15) is 50.7 Å². The summed E-state index contributed by atoms with van der Waals surface area (Å²) >= 11 is 0. The van der Waals surface area contributed by atoms with Crippen LogP contribution in [0, 0.1) is 17.2 Å². The molecule has 1 unspecified atom stereocenters. The van der Waals surface area contributed by atoms with Crippen LogP contribution >= 0.6 is 0 Å². The van der Waals surface area contributed by atoms with E-state index in [0.29, 0.717) is 42.1 Å². The standard InChI is InChI=1S/C29H37F3N4O2/c1-5-19(16-33-3)20-10-18(11-22(30)12-20)15-34-28(38)25-14-23(13-24(27(31)32)35(25)4)36-9-8-29(2,21-6-7-21)26(37)17-36/h10-14,16,21,25,27,33H,5-9,15,17H2,1-4H3,(H,34,38)/b19-16+/t25?,29-/m0/s1. The van der Waals surface area contributed by atoms with Gasteiger partial charge in [-0.05, 0) is 84.9 Å². The van der Waals surface area contributed by atoms with E-state index in [-0.39, 0.29) is 30.0 Å². The number of carbonyl (C=O) groups is 2. The quantitative estimate of drug-likeness (QED) is 0.494. The van der Waals surface area contributed by atoms with Gasteiger partial charge in [-0.3, -0.25) is 9.59 Å².